The van der Waals surface area contributed by atoms with E-state index in [2.05, 4.69) is 20.9 Å². The predicted molar refractivity (Wildman–Crippen MR) is 136 cm³/mol. The Morgan fingerprint density at radius 1 is 1.33 bits per heavy atom. The second kappa shape index (κ2) is 11.2. The molecule has 1 aromatic rings. The molecule has 2 atom stereocenters. The van der Waals surface area contributed by atoms with Crippen LogP contribution in [0.2, 0.25) is 0 Å². The van der Waals surface area contributed by atoms with E-state index in [-0.39, 0.29) is 24.3 Å². The van der Waals surface area contributed by atoms with Gasteiger partial charge in [-0.05, 0) is 72.9 Å². The Morgan fingerprint density at radius 2 is 1.94 bits per heavy atom. The number of carbonyl (C=O) groups is 3. The highest BCUT2D eigenvalue weighted by Gasteiger charge is 2.50. The van der Waals surface area contributed by atoms with Crippen LogP contribution in [0.25, 0.3) is 0 Å². The van der Waals surface area contributed by atoms with Crippen LogP contribution in [-0.4, -0.2) is 58.8 Å². The number of alkyl halides is 2. The van der Waals surface area contributed by atoms with Gasteiger partial charge in [0.15, 0.2) is 5.78 Å². The fourth-order valence-electron chi connectivity index (χ4n) is 4.05. The zero-order valence-electron chi connectivity index (χ0n) is 21.7. The number of hydrogen-bond donors (Lipinski definition) is 1. The largest absolute Gasteiger partial charge is 0.464 e. The molecule has 36 heavy (non-hydrogen) atoms. The van der Waals surface area contributed by atoms with Crippen molar-refractivity contribution in [3.05, 3.63) is 27.2 Å². The van der Waals surface area contributed by atoms with Crippen LogP contribution < -0.4 is 5.73 Å². The van der Waals surface area contributed by atoms with Crippen LogP contribution in [0.5, 0.6) is 0 Å². The molecule has 2 rings (SSSR count). The highest BCUT2D eigenvalue weighted by Crippen LogP contribution is 2.37. The number of nitrogens with zero attached hydrogens (tertiary/aromatic N) is 2. The summed E-state index contributed by atoms with van der Waals surface area (Å²) in [7, 11) is 0. The molecule has 8 nitrogen and oxygen atoms in total. The van der Waals surface area contributed by atoms with Crippen LogP contribution in [0.1, 0.15) is 77.5 Å². The van der Waals surface area contributed by atoms with E-state index in [1.807, 2.05) is 0 Å². The van der Waals surface area contributed by atoms with E-state index >= 15 is 0 Å². The first kappa shape index (κ1) is 29.7. The lowest BCUT2D eigenvalue weighted by Crippen LogP contribution is -2.54. The maximum Gasteiger partial charge on any atom is 0.411 e. The molecular formula is C25H34BrF2N3O5. The van der Waals surface area contributed by atoms with E-state index in [0.29, 0.717) is 16.5 Å². The van der Waals surface area contributed by atoms with E-state index in [0.717, 1.165) is 6.21 Å². The Bertz CT molecular complexity index is 1050. The highest BCUT2D eigenvalue weighted by atomic mass is 79.9. The van der Waals surface area contributed by atoms with Gasteiger partial charge in [0.25, 0.3) is 6.43 Å². The van der Waals surface area contributed by atoms with Gasteiger partial charge in [-0.2, -0.15) is 0 Å². The lowest BCUT2D eigenvalue weighted by molar-refractivity contribution is -0.148. The van der Waals surface area contributed by atoms with Crippen molar-refractivity contribution in [1.82, 2.24) is 4.90 Å². The molecule has 1 unspecified atom stereocenters. The lowest BCUT2D eigenvalue weighted by atomic mass is 10.0. The van der Waals surface area contributed by atoms with Crippen LogP contribution in [-0.2, 0) is 19.1 Å². The van der Waals surface area contributed by atoms with E-state index in [9.17, 15) is 23.2 Å². The fraction of sp³-hybridized carbons (Fsp3) is 0.600. The third-order valence-electron chi connectivity index (χ3n) is 5.92. The molecule has 1 amide bonds. The van der Waals surface area contributed by atoms with E-state index < -0.39 is 53.1 Å². The average Bonchev–Trinajstić information content (AvgIpc) is 3.07. The number of benzene rings is 1. The molecule has 2 N–H and O–H groups in total. The number of halogens is 3. The Morgan fingerprint density at radius 3 is 2.47 bits per heavy atom. The summed E-state index contributed by atoms with van der Waals surface area (Å²) < 4.78 is 38.4. The quantitative estimate of drug-likeness (QED) is 0.203. The predicted octanol–water partition coefficient (Wildman–Crippen LogP) is 5.38. The van der Waals surface area contributed by atoms with Gasteiger partial charge in [0.2, 0.25) is 6.04 Å². The number of Topliss-reactive ketones (excluding diaryl/α,β-unsaturated/α-hetero) is 1. The second-order valence-electron chi connectivity index (χ2n) is 10.3. The molecule has 0 saturated carbocycles. The third-order valence-corrected chi connectivity index (χ3v) is 6.75. The van der Waals surface area contributed by atoms with Crippen molar-refractivity contribution >= 4 is 45.7 Å². The van der Waals surface area contributed by atoms with Crippen LogP contribution in [0.4, 0.5) is 19.3 Å². The normalized spacial score (nSPS) is 18.5. The van der Waals surface area contributed by atoms with Crippen LogP contribution in [0.15, 0.2) is 15.5 Å². The van der Waals surface area contributed by atoms with Gasteiger partial charge in [0.1, 0.15) is 5.60 Å². The zero-order valence-corrected chi connectivity index (χ0v) is 23.2. The molecular weight excluding hydrogens is 540 g/mol. The number of amides is 1. The summed E-state index contributed by atoms with van der Waals surface area (Å²) in [5, 5.41) is 0. The van der Waals surface area contributed by atoms with Gasteiger partial charge in [0, 0.05) is 33.0 Å². The molecule has 0 spiro atoms. The summed E-state index contributed by atoms with van der Waals surface area (Å²) in [6.07, 6.45) is -1.80. The number of aliphatic imine (C=N–C) groups is 1. The number of ketones is 1. The first-order valence-corrected chi connectivity index (χ1v) is 12.4. The van der Waals surface area contributed by atoms with Gasteiger partial charge in [0.05, 0.1) is 12.6 Å². The molecule has 1 aliphatic rings. The highest BCUT2D eigenvalue weighted by molar-refractivity contribution is 9.10. The summed E-state index contributed by atoms with van der Waals surface area (Å²) in [5.74, 6) is -1.63. The number of ether oxygens (including phenoxy) is 2. The monoisotopic (exact) mass is 573 g/mol. The van der Waals surface area contributed by atoms with E-state index in [4.69, 9.17) is 15.2 Å². The SMILES string of the molecule is CCOC(=O)C(N=Cc1c(C(F)F)cc(Br)c(C)c1N)C(=O)[C@@H]1CCC(C)(C)N1C(=O)OC(C)(C)C. The third kappa shape index (κ3) is 6.60. The Hall–Kier alpha value is -2.56. The average molecular weight is 574 g/mol. The van der Waals surface area contributed by atoms with Crippen molar-refractivity contribution in [2.45, 2.75) is 91.0 Å². The maximum absolute atomic E-state index is 13.7. The molecule has 1 heterocycles. The van der Waals surface area contributed by atoms with Crippen molar-refractivity contribution in [1.29, 1.82) is 0 Å². The van der Waals surface area contributed by atoms with Crippen molar-refractivity contribution in [2.24, 2.45) is 4.99 Å². The topological polar surface area (TPSA) is 111 Å². The number of nitrogens with two attached hydrogens (primary N) is 1. The molecule has 0 radical (unpaired) electrons. The molecule has 1 fully saturated rings. The number of carbonyl (C=O) groups excluding carboxylic acids is 3. The van der Waals surface area contributed by atoms with E-state index in [1.54, 1.807) is 48.5 Å². The molecule has 200 valence electrons. The molecule has 0 aromatic heterocycles. The van der Waals surface area contributed by atoms with Crippen LogP contribution >= 0.6 is 15.9 Å². The Balaban J connectivity index is 2.52. The smallest absolute Gasteiger partial charge is 0.411 e. The van der Waals surface area contributed by atoms with Crippen molar-refractivity contribution < 1.29 is 32.6 Å². The summed E-state index contributed by atoms with van der Waals surface area (Å²) in [4.78, 5) is 44.8. The standard InChI is InChI=1S/C25H34BrF2N3O5/c1-8-35-22(33)19(30-12-15-14(21(27)28)11-16(26)13(2)18(15)29)20(32)17-9-10-25(6,7)31(17)23(34)36-24(3,4)5/h11-12,17,19,21H,8-10,29H2,1-7H3/t17-,19?/m0/s1. The van der Waals surface area contributed by atoms with Gasteiger partial charge < -0.3 is 15.2 Å². The molecule has 0 aliphatic carbocycles. The first-order valence-electron chi connectivity index (χ1n) is 11.6. The Labute approximate surface area is 218 Å². The van der Waals surface area contributed by atoms with Gasteiger partial charge in [-0.15, -0.1) is 0 Å². The number of hydrogen-bond acceptors (Lipinski definition) is 7. The minimum Gasteiger partial charge on any atom is -0.464 e. The molecule has 0 bridgehead atoms. The summed E-state index contributed by atoms with van der Waals surface area (Å²) in [5.41, 5.74) is 4.60. The number of anilines is 1. The molecule has 1 aliphatic heterocycles. The van der Waals surface area contributed by atoms with Crippen LogP contribution in [0, 0.1) is 6.92 Å². The van der Waals surface area contributed by atoms with Crippen molar-refractivity contribution in [3.8, 4) is 0 Å². The fourth-order valence-corrected chi connectivity index (χ4v) is 4.51. The lowest BCUT2D eigenvalue weighted by Gasteiger charge is -2.36. The van der Waals surface area contributed by atoms with Crippen LogP contribution in [0.3, 0.4) is 0 Å². The van der Waals surface area contributed by atoms with Gasteiger partial charge in [-0.1, -0.05) is 15.9 Å². The molecule has 11 heteroatoms. The summed E-state index contributed by atoms with van der Waals surface area (Å²) >= 11 is 3.21. The number of rotatable bonds is 7. The van der Waals surface area contributed by atoms with Gasteiger partial charge in [-0.3, -0.25) is 14.7 Å². The maximum atomic E-state index is 13.7. The number of esters is 1. The van der Waals surface area contributed by atoms with E-state index in [1.165, 1.54) is 11.0 Å². The van der Waals surface area contributed by atoms with Crippen molar-refractivity contribution in [3.63, 3.8) is 0 Å². The summed E-state index contributed by atoms with van der Waals surface area (Å²) in [6.45, 7) is 11.9. The molecule has 1 saturated heterocycles. The number of likely N-dealkylation sites (tertiary alicyclic amines) is 1. The van der Waals surface area contributed by atoms with Gasteiger partial charge in [-0.25, -0.2) is 18.4 Å². The van der Waals surface area contributed by atoms with Crippen molar-refractivity contribution in [2.75, 3.05) is 12.3 Å². The minimum absolute atomic E-state index is 0.0219. The first-order chi connectivity index (χ1) is 16.5. The Kier molecular flexibility index (Phi) is 9.25. The summed E-state index contributed by atoms with van der Waals surface area (Å²) in [6, 6.07) is -1.47. The zero-order chi connectivity index (χ0) is 27.6. The molecule has 1 aromatic carbocycles. The second-order valence-corrected chi connectivity index (χ2v) is 11.1. The minimum atomic E-state index is -2.87. The van der Waals surface area contributed by atoms with Gasteiger partial charge >= 0.3 is 12.1 Å². The number of nitrogen functional groups attached to an aromatic ring is 1.